The highest BCUT2D eigenvalue weighted by Gasteiger charge is 2.31. The summed E-state index contributed by atoms with van der Waals surface area (Å²) < 4.78 is 2.10. The van der Waals surface area contributed by atoms with Crippen LogP contribution in [0, 0.1) is 0 Å². The fourth-order valence-electron chi connectivity index (χ4n) is 1.86. The number of aromatic nitrogens is 3. The minimum atomic E-state index is 0.429. The lowest BCUT2D eigenvalue weighted by atomic mass is 10.2. The van der Waals surface area contributed by atoms with Gasteiger partial charge in [0.05, 0.1) is 0 Å². The van der Waals surface area contributed by atoms with Crippen molar-refractivity contribution in [2.45, 2.75) is 51.5 Å². The van der Waals surface area contributed by atoms with Crippen molar-refractivity contribution in [1.82, 2.24) is 14.8 Å². The molecule has 0 spiro atoms. The van der Waals surface area contributed by atoms with E-state index in [9.17, 15) is 0 Å². The molecule has 1 unspecified atom stereocenters. The van der Waals surface area contributed by atoms with E-state index in [4.69, 9.17) is 11.6 Å². The average molecular weight is 214 g/mol. The summed E-state index contributed by atoms with van der Waals surface area (Å²) >= 11 is 6.04. The zero-order chi connectivity index (χ0) is 10.1. The van der Waals surface area contributed by atoms with Crippen LogP contribution in [0.25, 0.3) is 0 Å². The lowest BCUT2D eigenvalue weighted by Crippen LogP contribution is -2.08. The van der Waals surface area contributed by atoms with Crippen molar-refractivity contribution < 1.29 is 0 Å². The zero-order valence-corrected chi connectivity index (χ0v) is 9.46. The number of nitrogens with zero attached hydrogens (tertiary/aromatic N) is 3. The molecule has 0 N–H and O–H groups in total. The molecule has 1 aliphatic carbocycles. The Labute approximate surface area is 89.5 Å². The Bertz CT molecular complexity index is 317. The van der Waals surface area contributed by atoms with Crippen LogP contribution in [0.2, 0.25) is 5.28 Å². The summed E-state index contributed by atoms with van der Waals surface area (Å²) in [6.07, 6.45) is 4.79. The van der Waals surface area contributed by atoms with Crippen LogP contribution in [0.15, 0.2) is 0 Å². The van der Waals surface area contributed by atoms with E-state index in [1.54, 1.807) is 0 Å². The second-order valence-electron chi connectivity index (χ2n) is 4.11. The summed E-state index contributed by atoms with van der Waals surface area (Å²) in [4.78, 5) is 0. The molecule has 1 fully saturated rings. The van der Waals surface area contributed by atoms with Crippen LogP contribution in [-0.2, 0) is 0 Å². The van der Waals surface area contributed by atoms with E-state index in [1.165, 1.54) is 19.3 Å². The molecule has 1 atom stereocenters. The van der Waals surface area contributed by atoms with E-state index in [0.29, 0.717) is 17.2 Å². The molecule has 1 aromatic heterocycles. The first-order chi connectivity index (χ1) is 6.74. The van der Waals surface area contributed by atoms with Crippen LogP contribution in [0.3, 0.4) is 0 Å². The maximum Gasteiger partial charge on any atom is 0.225 e. The summed E-state index contributed by atoms with van der Waals surface area (Å²) in [6.45, 7) is 4.37. The van der Waals surface area contributed by atoms with Gasteiger partial charge in [0.25, 0.3) is 0 Å². The Morgan fingerprint density at radius 3 is 2.79 bits per heavy atom. The molecular weight excluding hydrogens is 198 g/mol. The maximum atomic E-state index is 6.04. The molecule has 0 bridgehead atoms. The molecule has 2 rings (SSSR count). The molecule has 4 heteroatoms. The quantitative estimate of drug-likeness (QED) is 0.769. The lowest BCUT2D eigenvalue weighted by molar-refractivity contribution is 0.482. The molecule has 14 heavy (non-hydrogen) atoms. The van der Waals surface area contributed by atoms with Gasteiger partial charge >= 0.3 is 0 Å². The van der Waals surface area contributed by atoms with Crippen LogP contribution in [0.1, 0.15) is 57.3 Å². The average Bonchev–Trinajstić information content (AvgIpc) is 2.90. The summed E-state index contributed by atoms with van der Waals surface area (Å²) in [5, 5.41) is 8.67. The second kappa shape index (κ2) is 3.89. The van der Waals surface area contributed by atoms with Crippen LogP contribution < -0.4 is 0 Å². The van der Waals surface area contributed by atoms with Crippen molar-refractivity contribution in [3.63, 3.8) is 0 Å². The Morgan fingerprint density at radius 1 is 1.50 bits per heavy atom. The molecule has 1 aliphatic rings. The highest BCUT2D eigenvalue weighted by atomic mass is 35.5. The molecule has 78 valence electrons. The SMILES string of the molecule is CCCC(C)n1c(Cl)nnc1C1CC1. The molecule has 0 saturated heterocycles. The molecule has 0 radical (unpaired) electrons. The lowest BCUT2D eigenvalue weighted by Gasteiger charge is -2.15. The van der Waals surface area contributed by atoms with Gasteiger partial charge in [0.15, 0.2) is 0 Å². The van der Waals surface area contributed by atoms with Crippen LogP contribution in [-0.4, -0.2) is 14.8 Å². The first-order valence-corrected chi connectivity index (χ1v) is 5.72. The Kier molecular flexibility index (Phi) is 2.77. The van der Waals surface area contributed by atoms with Gasteiger partial charge in [-0.15, -0.1) is 10.2 Å². The largest absolute Gasteiger partial charge is 0.299 e. The van der Waals surface area contributed by atoms with E-state index in [-0.39, 0.29) is 0 Å². The van der Waals surface area contributed by atoms with E-state index in [1.807, 2.05) is 0 Å². The van der Waals surface area contributed by atoms with Gasteiger partial charge in [-0.25, -0.2) is 0 Å². The third-order valence-corrected chi connectivity index (χ3v) is 3.03. The predicted octanol–water partition coefficient (Wildman–Crippen LogP) is 3.17. The topological polar surface area (TPSA) is 30.7 Å². The van der Waals surface area contributed by atoms with E-state index >= 15 is 0 Å². The number of halogens is 1. The molecule has 1 aromatic rings. The van der Waals surface area contributed by atoms with Gasteiger partial charge in [0, 0.05) is 12.0 Å². The van der Waals surface area contributed by atoms with Crippen molar-refractivity contribution in [2.75, 3.05) is 0 Å². The third kappa shape index (κ3) is 1.78. The number of hydrogen-bond acceptors (Lipinski definition) is 2. The third-order valence-electron chi connectivity index (χ3n) is 2.77. The summed E-state index contributed by atoms with van der Waals surface area (Å²) in [5.41, 5.74) is 0. The molecule has 0 aliphatic heterocycles. The Hall–Kier alpha value is -0.570. The molecular formula is C10H16ClN3. The molecule has 0 amide bonds. The van der Waals surface area contributed by atoms with Gasteiger partial charge in [-0.1, -0.05) is 13.3 Å². The molecule has 1 heterocycles. The minimum absolute atomic E-state index is 0.429. The summed E-state index contributed by atoms with van der Waals surface area (Å²) in [6, 6.07) is 0.429. The normalized spacial score (nSPS) is 18.5. The zero-order valence-electron chi connectivity index (χ0n) is 8.70. The van der Waals surface area contributed by atoms with Gasteiger partial charge in [-0.3, -0.25) is 4.57 Å². The number of hydrogen-bond donors (Lipinski definition) is 0. The summed E-state index contributed by atoms with van der Waals surface area (Å²) in [5.74, 6) is 1.71. The number of rotatable bonds is 4. The molecule has 3 nitrogen and oxygen atoms in total. The van der Waals surface area contributed by atoms with Gasteiger partial charge < -0.3 is 0 Å². The first kappa shape index (κ1) is 9.97. The molecule has 1 saturated carbocycles. The second-order valence-corrected chi connectivity index (χ2v) is 4.45. The highest BCUT2D eigenvalue weighted by molar-refractivity contribution is 6.28. The summed E-state index contributed by atoms with van der Waals surface area (Å²) in [7, 11) is 0. The fraction of sp³-hybridized carbons (Fsp3) is 0.800. The van der Waals surface area contributed by atoms with Crippen LogP contribution >= 0.6 is 11.6 Å². The van der Waals surface area contributed by atoms with Gasteiger partial charge in [-0.2, -0.15) is 0 Å². The predicted molar refractivity (Wildman–Crippen MR) is 56.6 cm³/mol. The maximum absolute atomic E-state index is 6.04. The van der Waals surface area contributed by atoms with Crippen LogP contribution in [0.5, 0.6) is 0 Å². The van der Waals surface area contributed by atoms with Crippen molar-refractivity contribution in [2.24, 2.45) is 0 Å². The van der Waals surface area contributed by atoms with Crippen LogP contribution in [0.4, 0.5) is 0 Å². The standard InChI is InChI=1S/C10H16ClN3/c1-3-4-7(2)14-9(8-5-6-8)12-13-10(14)11/h7-8H,3-6H2,1-2H3. The monoisotopic (exact) mass is 213 g/mol. The molecule has 0 aromatic carbocycles. The Morgan fingerprint density at radius 2 is 2.21 bits per heavy atom. The fourth-order valence-corrected chi connectivity index (χ4v) is 2.15. The van der Waals surface area contributed by atoms with Gasteiger partial charge in [0.2, 0.25) is 5.28 Å². The Balaban J connectivity index is 2.24. The first-order valence-electron chi connectivity index (χ1n) is 5.34. The van der Waals surface area contributed by atoms with Crippen molar-refractivity contribution in [3.8, 4) is 0 Å². The minimum Gasteiger partial charge on any atom is -0.299 e. The van der Waals surface area contributed by atoms with Gasteiger partial charge in [-0.05, 0) is 37.8 Å². The smallest absolute Gasteiger partial charge is 0.225 e. The van der Waals surface area contributed by atoms with Crippen molar-refractivity contribution in [3.05, 3.63) is 11.1 Å². The van der Waals surface area contributed by atoms with E-state index in [0.717, 1.165) is 12.2 Å². The van der Waals surface area contributed by atoms with E-state index in [2.05, 4.69) is 28.6 Å². The highest BCUT2D eigenvalue weighted by Crippen LogP contribution is 2.41. The van der Waals surface area contributed by atoms with E-state index < -0.39 is 0 Å². The van der Waals surface area contributed by atoms with Crippen molar-refractivity contribution in [1.29, 1.82) is 0 Å². The van der Waals surface area contributed by atoms with Gasteiger partial charge in [0.1, 0.15) is 5.82 Å². The van der Waals surface area contributed by atoms with Crippen molar-refractivity contribution >= 4 is 11.6 Å².